The van der Waals surface area contributed by atoms with Crippen molar-refractivity contribution in [1.29, 1.82) is 0 Å². The minimum atomic E-state index is -0.333. The van der Waals surface area contributed by atoms with Crippen molar-refractivity contribution in [3.8, 4) is 0 Å². The first-order valence-corrected chi connectivity index (χ1v) is 6.06. The van der Waals surface area contributed by atoms with E-state index in [1.165, 1.54) is 13.3 Å². The summed E-state index contributed by atoms with van der Waals surface area (Å²) in [6, 6.07) is 0. The Morgan fingerprint density at radius 1 is 1.58 bits per heavy atom. The Labute approximate surface area is 111 Å². The van der Waals surface area contributed by atoms with Gasteiger partial charge in [0, 0.05) is 26.3 Å². The molecular formula is C12H17N3O4. The number of hydrogen-bond acceptors (Lipinski definition) is 5. The third-order valence-corrected chi connectivity index (χ3v) is 3.00. The lowest BCUT2D eigenvalue weighted by atomic mass is 10.2. The van der Waals surface area contributed by atoms with E-state index in [4.69, 9.17) is 4.74 Å². The number of aromatic nitrogens is 2. The number of carbonyl (C=O) groups is 2. The van der Waals surface area contributed by atoms with Gasteiger partial charge in [0.15, 0.2) is 0 Å². The van der Waals surface area contributed by atoms with Crippen LogP contribution in [0.15, 0.2) is 12.4 Å². The molecule has 1 saturated heterocycles. The molecule has 0 aliphatic carbocycles. The number of nitrogens with zero attached hydrogens (tertiary/aromatic N) is 3. The highest BCUT2D eigenvalue weighted by Gasteiger charge is 2.27. The van der Waals surface area contributed by atoms with E-state index >= 15 is 0 Å². The number of hydrogen-bond donors (Lipinski definition) is 0. The van der Waals surface area contributed by atoms with E-state index in [-0.39, 0.29) is 24.4 Å². The van der Waals surface area contributed by atoms with Gasteiger partial charge in [0.25, 0.3) is 5.91 Å². The van der Waals surface area contributed by atoms with Crippen molar-refractivity contribution < 1.29 is 19.1 Å². The van der Waals surface area contributed by atoms with Gasteiger partial charge in [-0.3, -0.25) is 14.3 Å². The number of methoxy groups -OCH3 is 1. The second-order valence-electron chi connectivity index (χ2n) is 4.43. The van der Waals surface area contributed by atoms with Gasteiger partial charge in [0.05, 0.1) is 38.0 Å². The van der Waals surface area contributed by atoms with Crippen LogP contribution in [0.5, 0.6) is 0 Å². The van der Waals surface area contributed by atoms with Crippen molar-refractivity contribution in [2.24, 2.45) is 7.05 Å². The minimum absolute atomic E-state index is 0.0914. The summed E-state index contributed by atoms with van der Waals surface area (Å²) >= 11 is 0. The molecule has 0 bridgehead atoms. The van der Waals surface area contributed by atoms with Crippen LogP contribution in [0.3, 0.4) is 0 Å². The maximum atomic E-state index is 12.2. The molecule has 2 heterocycles. The molecule has 1 aromatic heterocycles. The fraction of sp³-hybridized carbons (Fsp3) is 0.583. The van der Waals surface area contributed by atoms with Gasteiger partial charge in [-0.15, -0.1) is 0 Å². The third-order valence-electron chi connectivity index (χ3n) is 3.00. The molecule has 1 aliphatic rings. The summed E-state index contributed by atoms with van der Waals surface area (Å²) in [4.78, 5) is 25.1. The van der Waals surface area contributed by atoms with Gasteiger partial charge in [-0.1, -0.05) is 0 Å². The summed E-state index contributed by atoms with van der Waals surface area (Å²) in [7, 11) is 3.10. The molecule has 2 rings (SSSR count). The Bertz CT molecular complexity index is 471. The highest BCUT2D eigenvalue weighted by molar-refractivity contribution is 5.93. The molecule has 0 radical (unpaired) electrons. The molecule has 0 aromatic carbocycles. The van der Waals surface area contributed by atoms with Crippen LogP contribution in [0.1, 0.15) is 16.8 Å². The molecule has 0 saturated carbocycles. The summed E-state index contributed by atoms with van der Waals surface area (Å²) < 4.78 is 11.6. The average Bonchev–Trinajstić information content (AvgIpc) is 2.84. The van der Waals surface area contributed by atoms with Gasteiger partial charge in [-0.05, 0) is 0 Å². The van der Waals surface area contributed by atoms with Gasteiger partial charge >= 0.3 is 5.97 Å². The van der Waals surface area contributed by atoms with Crippen LogP contribution in [0.25, 0.3) is 0 Å². The van der Waals surface area contributed by atoms with Crippen LogP contribution in [0.2, 0.25) is 0 Å². The van der Waals surface area contributed by atoms with Crippen molar-refractivity contribution in [2.45, 2.75) is 12.5 Å². The number of aryl methyl sites for hydroxylation is 1. The van der Waals surface area contributed by atoms with Crippen molar-refractivity contribution in [3.05, 3.63) is 18.0 Å². The van der Waals surface area contributed by atoms with E-state index in [1.54, 1.807) is 22.8 Å². The molecule has 1 atom stereocenters. The van der Waals surface area contributed by atoms with Gasteiger partial charge in [-0.2, -0.15) is 5.10 Å². The molecule has 1 amide bonds. The maximum absolute atomic E-state index is 12.2. The number of rotatable bonds is 3. The zero-order valence-electron chi connectivity index (χ0n) is 11.0. The normalized spacial score (nSPS) is 19.3. The third kappa shape index (κ3) is 3.31. The number of morpholine rings is 1. The van der Waals surface area contributed by atoms with Crippen LogP contribution < -0.4 is 0 Å². The second-order valence-corrected chi connectivity index (χ2v) is 4.43. The van der Waals surface area contributed by atoms with E-state index < -0.39 is 0 Å². The Hall–Kier alpha value is -1.89. The van der Waals surface area contributed by atoms with Gasteiger partial charge in [0.2, 0.25) is 0 Å². The predicted octanol–water partition coefficient (Wildman–Crippen LogP) is -0.176. The monoisotopic (exact) mass is 267 g/mol. The Balaban J connectivity index is 1.97. The van der Waals surface area contributed by atoms with Crippen LogP contribution >= 0.6 is 0 Å². The lowest BCUT2D eigenvalue weighted by Gasteiger charge is -2.32. The van der Waals surface area contributed by atoms with E-state index in [2.05, 4.69) is 9.84 Å². The summed E-state index contributed by atoms with van der Waals surface area (Å²) in [6.45, 7) is 1.34. The first kappa shape index (κ1) is 13.5. The number of ether oxygens (including phenoxy) is 2. The summed E-state index contributed by atoms with van der Waals surface area (Å²) in [5, 5.41) is 3.98. The molecular weight excluding hydrogens is 250 g/mol. The molecule has 1 aromatic rings. The average molecular weight is 267 g/mol. The van der Waals surface area contributed by atoms with Crippen molar-refractivity contribution in [2.75, 3.05) is 26.8 Å². The number of carbonyl (C=O) groups excluding carboxylic acids is 2. The first-order chi connectivity index (χ1) is 9.10. The Kier molecular flexibility index (Phi) is 4.16. The van der Waals surface area contributed by atoms with Crippen LogP contribution in [-0.2, 0) is 21.3 Å². The Morgan fingerprint density at radius 3 is 3.00 bits per heavy atom. The van der Waals surface area contributed by atoms with E-state index in [9.17, 15) is 9.59 Å². The summed E-state index contributed by atoms with van der Waals surface area (Å²) in [5.41, 5.74) is 0.543. The maximum Gasteiger partial charge on any atom is 0.308 e. The molecule has 1 fully saturated rings. The van der Waals surface area contributed by atoms with Crippen LogP contribution in [0, 0.1) is 0 Å². The molecule has 104 valence electrons. The zero-order chi connectivity index (χ0) is 13.8. The quantitative estimate of drug-likeness (QED) is 0.711. The minimum Gasteiger partial charge on any atom is -0.469 e. The Morgan fingerprint density at radius 2 is 2.37 bits per heavy atom. The van der Waals surface area contributed by atoms with Crippen molar-refractivity contribution >= 4 is 11.9 Å². The zero-order valence-corrected chi connectivity index (χ0v) is 11.0. The summed E-state index contributed by atoms with van der Waals surface area (Å²) in [5.74, 6) is -0.424. The molecule has 1 aliphatic heterocycles. The second kappa shape index (κ2) is 5.83. The van der Waals surface area contributed by atoms with Gasteiger partial charge < -0.3 is 14.4 Å². The van der Waals surface area contributed by atoms with Crippen molar-refractivity contribution in [1.82, 2.24) is 14.7 Å². The number of amides is 1. The van der Waals surface area contributed by atoms with Crippen LogP contribution in [-0.4, -0.2) is 59.5 Å². The predicted molar refractivity (Wildman–Crippen MR) is 65.5 cm³/mol. The van der Waals surface area contributed by atoms with Crippen LogP contribution in [0.4, 0.5) is 0 Å². The SMILES string of the molecule is COC(=O)CC1CN(C(=O)c2cnn(C)c2)CCO1. The fourth-order valence-electron chi connectivity index (χ4n) is 2.01. The highest BCUT2D eigenvalue weighted by Crippen LogP contribution is 2.12. The molecule has 1 unspecified atom stereocenters. The molecule has 7 heteroatoms. The van der Waals surface area contributed by atoms with E-state index in [0.29, 0.717) is 25.3 Å². The molecule has 7 nitrogen and oxygen atoms in total. The van der Waals surface area contributed by atoms with Gasteiger partial charge in [-0.25, -0.2) is 0 Å². The van der Waals surface area contributed by atoms with E-state index in [0.717, 1.165) is 0 Å². The molecule has 0 N–H and O–H groups in total. The lowest BCUT2D eigenvalue weighted by molar-refractivity contribution is -0.145. The topological polar surface area (TPSA) is 73.7 Å². The fourth-order valence-corrected chi connectivity index (χ4v) is 2.01. The first-order valence-electron chi connectivity index (χ1n) is 6.06. The number of esters is 1. The van der Waals surface area contributed by atoms with E-state index in [1.807, 2.05) is 0 Å². The highest BCUT2D eigenvalue weighted by atomic mass is 16.5. The standard InChI is InChI=1S/C12H17N3O4/c1-14-7-9(6-13-14)12(17)15-3-4-19-10(8-15)5-11(16)18-2/h6-7,10H,3-5,8H2,1-2H3. The summed E-state index contributed by atoms with van der Waals surface area (Å²) in [6.07, 6.45) is 3.06. The molecule has 19 heavy (non-hydrogen) atoms. The van der Waals surface area contributed by atoms with Gasteiger partial charge in [0.1, 0.15) is 0 Å². The largest absolute Gasteiger partial charge is 0.469 e. The van der Waals surface area contributed by atoms with Crippen molar-refractivity contribution in [3.63, 3.8) is 0 Å². The lowest BCUT2D eigenvalue weighted by Crippen LogP contribution is -2.46. The molecule has 0 spiro atoms. The smallest absolute Gasteiger partial charge is 0.308 e.